The fourth-order valence-corrected chi connectivity index (χ4v) is 4.18. The molecule has 0 atom stereocenters. The Balaban J connectivity index is 1.24. The van der Waals surface area contributed by atoms with Gasteiger partial charge in [-0.2, -0.15) is 0 Å². The van der Waals surface area contributed by atoms with Crippen LogP contribution in [0.15, 0.2) is 84.9 Å². The molecule has 1 aromatic heterocycles. The third-order valence-corrected chi connectivity index (χ3v) is 5.99. The largest absolute Gasteiger partial charge is 0.351 e. The van der Waals surface area contributed by atoms with Crippen LogP contribution in [0.25, 0.3) is 22.2 Å². The highest BCUT2D eigenvalue weighted by Crippen LogP contribution is 2.28. The molecule has 5 rings (SSSR count). The van der Waals surface area contributed by atoms with E-state index < -0.39 is 0 Å². The van der Waals surface area contributed by atoms with Crippen molar-refractivity contribution in [3.05, 3.63) is 90.5 Å². The number of anilines is 1. The van der Waals surface area contributed by atoms with E-state index >= 15 is 0 Å². The number of hydrogen-bond donors (Lipinski definition) is 1. The van der Waals surface area contributed by atoms with Crippen LogP contribution in [0.1, 0.15) is 5.56 Å². The van der Waals surface area contributed by atoms with Gasteiger partial charge in [-0.15, -0.1) is 0 Å². The van der Waals surface area contributed by atoms with Gasteiger partial charge in [0.05, 0.1) is 17.8 Å². The zero-order valence-electron chi connectivity index (χ0n) is 18.5. The molecule has 4 aromatic rings. The summed E-state index contributed by atoms with van der Waals surface area (Å²) in [5, 5.41) is 4.07. The van der Waals surface area contributed by atoms with Gasteiger partial charge in [0.1, 0.15) is 0 Å². The molecule has 2 heterocycles. The summed E-state index contributed by atoms with van der Waals surface area (Å²) in [7, 11) is 0. The van der Waals surface area contributed by atoms with Crippen LogP contribution < -0.4 is 10.2 Å². The molecule has 1 aliphatic heterocycles. The summed E-state index contributed by atoms with van der Waals surface area (Å²) in [5.74, 6) is 0.807. The van der Waals surface area contributed by atoms with Crippen molar-refractivity contribution in [1.82, 2.24) is 20.2 Å². The number of fused-ring (bicyclic) bond motifs is 1. The zero-order chi connectivity index (χ0) is 22.5. The molecular weight excluding hydrogens is 410 g/mol. The number of carbonyl (C=O) groups is 1. The number of para-hydroxylation sites is 1. The Labute approximate surface area is 193 Å². The predicted octanol–water partition coefficient (Wildman–Crippen LogP) is 3.74. The molecule has 33 heavy (non-hydrogen) atoms. The first-order chi connectivity index (χ1) is 16.3. The molecule has 6 heteroatoms. The number of nitrogens with one attached hydrogen (secondary N) is 1. The molecule has 6 nitrogen and oxygen atoms in total. The van der Waals surface area contributed by atoms with Crippen LogP contribution >= 0.6 is 0 Å². The lowest BCUT2D eigenvalue weighted by Crippen LogP contribution is -2.49. The Morgan fingerprint density at radius 1 is 0.788 bits per heavy atom. The molecule has 0 aliphatic carbocycles. The molecule has 0 spiro atoms. The number of amides is 1. The summed E-state index contributed by atoms with van der Waals surface area (Å²) < 4.78 is 0. The first-order valence-electron chi connectivity index (χ1n) is 11.4. The van der Waals surface area contributed by atoms with E-state index in [2.05, 4.69) is 33.3 Å². The van der Waals surface area contributed by atoms with Gasteiger partial charge in [-0.3, -0.25) is 9.69 Å². The van der Waals surface area contributed by atoms with Crippen molar-refractivity contribution in [2.45, 2.75) is 6.54 Å². The maximum atomic E-state index is 12.4. The van der Waals surface area contributed by atoms with Crippen LogP contribution in [0.3, 0.4) is 0 Å². The normalized spacial score (nSPS) is 14.4. The van der Waals surface area contributed by atoms with Gasteiger partial charge >= 0.3 is 0 Å². The lowest BCUT2D eigenvalue weighted by Gasteiger charge is -2.34. The van der Waals surface area contributed by atoms with Gasteiger partial charge in [0.25, 0.3) is 0 Å². The van der Waals surface area contributed by atoms with Gasteiger partial charge in [-0.05, 0) is 11.6 Å². The molecule has 0 radical (unpaired) electrons. The van der Waals surface area contributed by atoms with Crippen LogP contribution in [-0.4, -0.2) is 53.5 Å². The predicted molar refractivity (Wildman–Crippen MR) is 132 cm³/mol. The summed E-state index contributed by atoms with van der Waals surface area (Å²) in [4.78, 5) is 26.6. The maximum absolute atomic E-state index is 12.4. The van der Waals surface area contributed by atoms with Crippen LogP contribution in [-0.2, 0) is 11.3 Å². The molecule has 1 N–H and O–H groups in total. The van der Waals surface area contributed by atoms with Gasteiger partial charge in [0.15, 0.2) is 0 Å². The number of benzene rings is 3. The molecular formula is C27H27N5O. The average molecular weight is 438 g/mol. The van der Waals surface area contributed by atoms with Crippen LogP contribution in [0.5, 0.6) is 0 Å². The van der Waals surface area contributed by atoms with E-state index in [1.165, 1.54) is 0 Å². The fraction of sp³-hybridized carbons (Fsp3) is 0.222. The summed E-state index contributed by atoms with van der Waals surface area (Å²) in [6.45, 7) is 4.16. The number of piperazine rings is 1. The Bertz CT molecular complexity index is 1220. The van der Waals surface area contributed by atoms with E-state index in [-0.39, 0.29) is 5.91 Å². The van der Waals surface area contributed by atoms with Crippen molar-refractivity contribution in [3.8, 4) is 11.3 Å². The second kappa shape index (κ2) is 9.79. The minimum absolute atomic E-state index is 0.0561. The maximum Gasteiger partial charge on any atom is 0.234 e. The lowest BCUT2D eigenvalue weighted by molar-refractivity contribution is -0.122. The van der Waals surface area contributed by atoms with Crippen molar-refractivity contribution in [3.63, 3.8) is 0 Å². The van der Waals surface area contributed by atoms with E-state index in [4.69, 9.17) is 9.97 Å². The van der Waals surface area contributed by atoms with Gasteiger partial charge in [0, 0.05) is 43.7 Å². The van der Waals surface area contributed by atoms with Crippen molar-refractivity contribution in [2.75, 3.05) is 37.6 Å². The third-order valence-electron chi connectivity index (χ3n) is 5.99. The Morgan fingerprint density at radius 3 is 2.21 bits per heavy atom. The Kier molecular flexibility index (Phi) is 6.26. The lowest BCUT2D eigenvalue weighted by atomic mass is 10.1. The van der Waals surface area contributed by atoms with E-state index in [9.17, 15) is 4.79 Å². The molecule has 1 aliphatic rings. The first-order valence-corrected chi connectivity index (χ1v) is 11.4. The number of rotatable bonds is 6. The summed E-state index contributed by atoms with van der Waals surface area (Å²) in [6.07, 6.45) is 0. The zero-order valence-corrected chi connectivity index (χ0v) is 18.5. The first kappa shape index (κ1) is 21.1. The molecule has 1 amide bonds. The number of aromatic nitrogens is 2. The summed E-state index contributed by atoms with van der Waals surface area (Å²) in [5.41, 5.74) is 4.10. The summed E-state index contributed by atoms with van der Waals surface area (Å²) in [6, 6.07) is 28.4. The van der Waals surface area contributed by atoms with Crippen molar-refractivity contribution >= 4 is 22.8 Å². The van der Waals surface area contributed by atoms with Crippen molar-refractivity contribution in [2.24, 2.45) is 0 Å². The van der Waals surface area contributed by atoms with Crippen LogP contribution in [0.4, 0.5) is 5.95 Å². The Morgan fingerprint density at radius 2 is 1.45 bits per heavy atom. The highest BCUT2D eigenvalue weighted by Gasteiger charge is 2.22. The van der Waals surface area contributed by atoms with Gasteiger partial charge < -0.3 is 10.2 Å². The molecule has 3 aromatic carbocycles. The number of nitrogens with zero attached hydrogens (tertiary/aromatic N) is 4. The van der Waals surface area contributed by atoms with E-state index in [1.807, 2.05) is 66.7 Å². The van der Waals surface area contributed by atoms with E-state index in [0.717, 1.165) is 59.9 Å². The minimum atomic E-state index is 0.0561. The number of hydrogen-bond acceptors (Lipinski definition) is 5. The average Bonchev–Trinajstić information content (AvgIpc) is 2.88. The van der Waals surface area contributed by atoms with Crippen LogP contribution in [0, 0.1) is 0 Å². The van der Waals surface area contributed by atoms with E-state index in [0.29, 0.717) is 13.1 Å². The topological polar surface area (TPSA) is 61.4 Å². The van der Waals surface area contributed by atoms with Crippen molar-refractivity contribution in [1.29, 1.82) is 0 Å². The molecule has 0 bridgehead atoms. The molecule has 166 valence electrons. The number of carbonyl (C=O) groups excluding carboxylic acids is 1. The molecule has 1 fully saturated rings. The van der Waals surface area contributed by atoms with Gasteiger partial charge in [0.2, 0.25) is 11.9 Å². The second-order valence-corrected chi connectivity index (χ2v) is 8.28. The summed E-state index contributed by atoms with van der Waals surface area (Å²) >= 11 is 0. The van der Waals surface area contributed by atoms with Gasteiger partial charge in [-0.1, -0.05) is 78.9 Å². The van der Waals surface area contributed by atoms with Crippen molar-refractivity contribution < 1.29 is 4.79 Å². The molecule has 0 unspecified atom stereocenters. The monoisotopic (exact) mass is 437 g/mol. The van der Waals surface area contributed by atoms with Crippen LogP contribution in [0.2, 0.25) is 0 Å². The second-order valence-electron chi connectivity index (χ2n) is 8.28. The van der Waals surface area contributed by atoms with E-state index in [1.54, 1.807) is 0 Å². The Hall–Kier alpha value is -3.77. The van der Waals surface area contributed by atoms with Gasteiger partial charge in [-0.25, -0.2) is 9.97 Å². The minimum Gasteiger partial charge on any atom is -0.351 e. The molecule has 0 saturated carbocycles. The third kappa shape index (κ3) is 5.02. The quantitative estimate of drug-likeness (QED) is 0.498. The fourth-order valence-electron chi connectivity index (χ4n) is 4.18. The smallest absolute Gasteiger partial charge is 0.234 e. The standard InChI is InChI=1S/C27H27N5O/c33-25(28-19-21-9-3-1-4-10-21)20-31-15-17-32(18-16-31)27-29-24-14-8-7-13-23(24)26(30-27)22-11-5-2-6-12-22/h1-14H,15-20H2,(H,28,33). The molecule has 1 saturated heterocycles. The highest BCUT2D eigenvalue weighted by molar-refractivity contribution is 5.93. The highest BCUT2D eigenvalue weighted by atomic mass is 16.2. The SMILES string of the molecule is O=C(CN1CCN(c2nc(-c3ccccc3)c3ccccc3n2)CC1)NCc1ccccc1.